The van der Waals surface area contributed by atoms with Crippen LogP contribution in [0.25, 0.3) is 10.9 Å². The molecule has 3 rings (SSSR count). The minimum atomic E-state index is -0.613. The van der Waals surface area contributed by atoms with Crippen LogP contribution in [0, 0.1) is 5.82 Å². The van der Waals surface area contributed by atoms with Gasteiger partial charge in [0.1, 0.15) is 5.82 Å². The number of pyridine rings is 1. The largest absolute Gasteiger partial charge is 0.387 e. The Hall–Kier alpha value is -2.50. The average Bonchev–Trinajstić information content (AvgIpc) is 2.56. The number of aromatic amines is 1. The SMILES string of the molecule is O=c1cc(CNCC(O)c2ccccc2)[nH]c2ccc(F)cc12. The Morgan fingerprint density at radius 2 is 1.91 bits per heavy atom. The molecule has 0 aliphatic rings. The molecule has 1 unspecified atom stereocenters. The summed E-state index contributed by atoms with van der Waals surface area (Å²) in [5.41, 5.74) is 1.90. The molecule has 118 valence electrons. The van der Waals surface area contributed by atoms with Gasteiger partial charge in [-0.05, 0) is 23.8 Å². The van der Waals surface area contributed by atoms with E-state index < -0.39 is 11.9 Å². The molecule has 2 aromatic carbocycles. The summed E-state index contributed by atoms with van der Waals surface area (Å²) in [6.07, 6.45) is -0.613. The van der Waals surface area contributed by atoms with E-state index in [4.69, 9.17) is 0 Å². The second-order valence-corrected chi connectivity index (χ2v) is 5.41. The fourth-order valence-corrected chi connectivity index (χ4v) is 2.51. The Labute approximate surface area is 132 Å². The molecule has 5 heteroatoms. The summed E-state index contributed by atoms with van der Waals surface area (Å²) < 4.78 is 13.2. The van der Waals surface area contributed by atoms with E-state index in [0.717, 1.165) is 5.56 Å². The van der Waals surface area contributed by atoms with Crippen LogP contribution in [-0.2, 0) is 6.54 Å². The number of H-pyrrole nitrogens is 1. The van der Waals surface area contributed by atoms with Crippen LogP contribution in [0.2, 0.25) is 0 Å². The van der Waals surface area contributed by atoms with Crippen molar-refractivity contribution >= 4 is 10.9 Å². The molecule has 3 N–H and O–H groups in total. The third-order valence-corrected chi connectivity index (χ3v) is 3.69. The van der Waals surface area contributed by atoms with Gasteiger partial charge in [-0.1, -0.05) is 30.3 Å². The van der Waals surface area contributed by atoms with E-state index >= 15 is 0 Å². The number of nitrogens with one attached hydrogen (secondary N) is 2. The van der Waals surface area contributed by atoms with E-state index in [1.807, 2.05) is 30.3 Å². The first-order chi connectivity index (χ1) is 11.1. The maximum Gasteiger partial charge on any atom is 0.189 e. The van der Waals surface area contributed by atoms with Gasteiger partial charge < -0.3 is 15.4 Å². The number of rotatable bonds is 5. The Morgan fingerprint density at radius 3 is 2.70 bits per heavy atom. The summed E-state index contributed by atoms with van der Waals surface area (Å²) in [5, 5.41) is 13.5. The van der Waals surface area contributed by atoms with Gasteiger partial charge in [-0.15, -0.1) is 0 Å². The normalized spacial score (nSPS) is 12.4. The predicted octanol–water partition coefficient (Wildman–Crippen LogP) is 2.49. The van der Waals surface area contributed by atoms with Crippen LogP contribution in [-0.4, -0.2) is 16.6 Å². The molecule has 0 spiro atoms. The predicted molar refractivity (Wildman–Crippen MR) is 87.6 cm³/mol. The highest BCUT2D eigenvalue weighted by molar-refractivity contribution is 5.78. The third-order valence-electron chi connectivity index (χ3n) is 3.69. The average molecular weight is 312 g/mol. The van der Waals surface area contributed by atoms with Crippen molar-refractivity contribution in [2.45, 2.75) is 12.6 Å². The molecule has 0 bridgehead atoms. The summed E-state index contributed by atoms with van der Waals surface area (Å²) >= 11 is 0. The molecule has 0 saturated heterocycles. The third kappa shape index (κ3) is 3.64. The summed E-state index contributed by atoms with van der Waals surface area (Å²) in [4.78, 5) is 15.1. The first-order valence-electron chi connectivity index (χ1n) is 7.38. The van der Waals surface area contributed by atoms with Crippen molar-refractivity contribution in [3.05, 3.63) is 81.9 Å². The summed E-state index contributed by atoms with van der Waals surface area (Å²) in [6, 6.07) is 14.9. The van der Waals surface area contributed by atoms with Crippen LogP contribution in [0.4, 0.5) is 4.39 Å². The molecule has 4 nitrogen and oxygen atoms in total. The smallest absolute Gasteiger partial charge is 0.189 e. The highest BCUT2D eigenvalue weighted by Gasteiger charge is 2.07. The van der Waals surface area contributed by atoms with E-state index in [-0.39, 0.29) is 5.43 Å². The van der Waals surface area contributed by atoms with E-state index in [1.54, 1.807) is 6.07 Å². The van der Waals surface area contributed by atoms with Crippen molar-refractivity contribution in [1.29, 1.82) is 0 Å². The van der Waals surface area contributed by atoms with Crippen molar-refractivity contribution < 1.29 is 9.50 Å². The maximum absolute atomic E-state index is 13.2. The lowest BCUT2D eigenvalue weighted by molar-refractivity contribution is 0.174. The standard InChI is InChI=1S/C18H17FN2O2/c19-13-6-7-16-15(8-13)17(22)9-14(21-16)10-20-11-18(23)12-4-2-1-3-5-12/h1-9,18,20,23H,10-11H2,(H,21,22). The van der Waals surface area contributed by atoms with Crippen LogP contribution in [0.1, 0.15) is 17.4 Å². The number of fused-ring (bicyclic) bond motifs is 1. The van der Waals surface area contributed by atoms with Crippen molar-refractivity contribution in [3.63, 3.8) is 0 Å². The summed E-state index contributed by atoms with van der Waals surface area (Å²) in [5.74, 6) is -0.431. The fraction of sp³-hybridized carbons (Fsp3) is 0.167. The van der Waals surface area contributed by atoms with Crippen LogP contribution in [0.3, 0.4) is 0 Å². The van der Waals surface area contributed by atoms with Gasteiger partial charge in [0.2, 0.25) is 0 Å². The van der Waals surface area contributed by atoms with Gasteiger partial charge in [0, 0.05) is 35.8 Å². The Morgan fingerprint density at radius 1 is 1.13 bits per heavy atom. The second kappa shape index (κ2) is 6.73. The Bertz CT molecular complexity index is 862. The number of halogens is 1. The number of aromatic nitrogens is 1. The van der Waals surface area contributed by atoms with Gasteiger partial charge in [-0.2, -0.15) is 0 Å². The summed E-state index contributed by atoms with van der Waals surface area (Å²) in [6.45, 7) is 0.778. The van der Waals surface area contributed by atoms with Crippen LogP contribution in [0.15, 0.2) is 59.4 Å². The van der Waals surface area contributed by atoms with Crippen LogP contribution in [0.5, 0.6) is 0 Å². The molecule has 0 saturated carbocycles. The number of benzene rings is 2. The molecule has 0 radical (unpaired) electrons. The first-order valence-corrected chi connectivity index (χ1v) is 7.38. The number of aliphatic hydroxyl groups excluding tert-OH is 1. The lowest BCUT2D eigenvalue weighted by Gasteiger charge is -2.12. The van der Waals surface area contributed by atoms with Crippen molar-refractivity contribution in [1.82, 2.24) is 10.3 Å². The molecule has 1 heterocycles. The molecule has 3 aromatic rings. The van der Waals surface area contributed by atoms with E-state index in [1.165, 1.54) is 18.2 Å². The van der Waals surface area contributed by atoms with Gasteiger partial charge in [-0.3, -0.25) is 4.79 Å². The summed E-state index contributed by atoms with van der Waals surface area (Å²) in [7, 11) is 0. The van der Waals surface area contributed by atoms with E-state index in [0.29, 0.717) is 29.7 Å². The fourth-order valence-electron chi connectivity index (χ4n) is 2.51. The Kier molecular flexibility index (Phi) is 4.50. The quantitative estimate of drug-likeness (QED) is 0.678. The van der Waals surface area contributed by atoms with Gasteiger partial charge >= 0.3 is 0 Å². The van der Waals surface area contributed by atoms with Crippen LogP contribution >= 0.6 is 0 Å². The Balaban J connectivity index is 1.68. The zero-order valence-corrected chi connectivity index (χ0v) is 12.4. The highest BCUT2D eigenvalue weighted by Crippen LogP contribution is 2.12. The monoisotopic (exact) mass is 312 g/mol. The molecule has 0 aliphatic heterocycles. The maximum atomic E-state index is 13.2. The van der Waals surface area contributed by atoms with Gasteiger partial charge in [0.15, 0.2) is 5.43 Å². The molecule has 0 aliphatic carbocycles. The lowest BCUT2D eigenvalue weighted by Crippen LogP contribution is -2.22. The van der Waals surface area contributed by atoms with Gasteiger partial charge in [0.05, 0.1) is 6.10 Å². The zero-order valence-electron chi connectivity index (χ0n) is 12.4. The number of hydrogen-bond donors (Lipinski definition) is 3. The second-order valence-electron chi connectivity index (χ2n) is 5.41. The first kappa shape index (κ1) is 15.4. The van der Waals surface area contributed by atoms with Crippen molar-refractivity contribution in [3.8, 4) is 0 Å². The van der Waals surface area contributed by atoms with Gasteiger partial charge in [0.25, 0.3) is 0 Å². The van der Waals surface area contributed by atoms with E-state index in [2.05, 4.69) is 10.3 Å². The van der Waals surface area contributed by atoms with Crippen LogP contribution < -0.4 is 10.7 Å². The molecule has 1 atom stereocenters. The number of hydrogen-bond acceptors (Lipinski definition) is 3. The molecular formula is C18H17FN2O2. The van der Waals surface area contributed by atoms with Crippen molar-refractivity contribution in [2.75, 3.05) is 6.54 Å². The molecule has 0 fully saturated rings. The highest BCUT2D eigenvalue weighted by atomic mass is 19.1. The molecular weight excluding hydrogens is 295 g/mol. The molecule has 0 amide bonds. The van der Waals surface area contributed by atoms with Gasteiger partial charge in [-0.25, -0.2) is 4.39 Å². The topological polar surface area (TPSA) is 65.1 Å². The molecule has 23 heavy (non-hydrogen) atoms. The minimum Gasteiger partial charge on any atom is -0.387 e. The van der Waals surface area contributed by atoms with E-state index in [9.17, 15) is 14.3 Å². The number of aliphatic hydroxyl groups is 1. The lowest BCUT2D eigenvalue weighted by atomic mass is 10.1. The van der Waals surface area contributed by atoms with Crippen molar-refractivity contribution in [2.24, 2.45) is 0 Å². The minimum absolute atomic E-state index is 0.223. The zero-order chi connectivity index (χ0) is 16.2. The molecule has 1 aromatic heterocycles.